The Bertz CT molecular complexity index is 1260. The summed E-state index contributed by atoms with van der Waals surface area (Å²) in [5.41, 5.74) is 5.61. The zero-order valence-electron chi connectivity index (χ0n) is 19.3. The van der Waals surface area contributed by atoms with Gasteiger partial charge in [0.1, 0.15) is 23.4 Å². The van der Waals surface area contributed by atoms with Crippen molar-refractivity contribution in [2.45, 2.75) is 31.8 Å². The monoisotopic (exact) mass is 462 g/mol. The second kappa shape index (κ2) is 8.48. The average molecular weight is 462 g/mol. The van der Waals surface area contributed by atoms with Crippen molar-refractivity contribution < 1.29 is 34.0 Å². The zero-order chi connectivity index (χ0) is 24.0. The first-order chi connectivity index (χ1) is 16.4. The number of aryl methyl sites for hydroxylation is 2. The summed E-state index contributed by atoms with van der Waals surface area (Å²) < 4.78 is 22.9. The minimum atomic E-state index is -0.589. The molecule has 2 aliphatic rings. The number of carbonyl (C=O) groups is 1. The molecule has 0 radical (unpaired) electrons. The highest BCUT2D eigenvalue weighted by atomic mass is 16.6. The number of hydrogen-bond donors (Lipinski definition) is 2. The van der Waals surface area contributed by atoms with Gasteiger partial charge in [-0.2, -0.15) is 0 Å². The van der Waals surface area contributed by atoms with E-state index in [1.807, 2.05) is 12.1 Å². The van der Waals surface area contributed by atoms with E-state index < -0.39 is 12.1 Å². The summed E-state index contributed by atoms with van der Waals surface area (Å²) in [6, 6.07) is 12.5. The third-order valence-corrected chi connectivity index (χ3v) is 6.57. The van der Waals surface area contributed by atoms with Crippen molar-refractivity contribution in [3.8, 4) is 39.9 Å². The smallest absolute Gasteiger partial charge is 0.303 e. The fourth-order valence-corrected chi connectivity index (χ4v) is 5.02. The third-order valence-electron chi connectivity index (χ3n) is 6.57. The van der Waals surface area contributed by atoms with E-state index in [0.29, 0.717) is 23.9 Å². The van der Waals surface area contributed by atoms with Crippen LogP contribution in [0.3, 0.4) is 0 Å². The van der Waals surface area contributed by atoms with E-state index in [-0.39, 0.29) is 17.4 Å². The summed E-state index contributed by atoms with van der Waals surface area (Å²) in [5, 5.41) is 20.1. The van der Waals surface area contributed by atoms with Gasteiger partial charge in [0.25, 0.3) is 0 Å². The van der Waals surface area contributed by atoms with Crippen LogP contribution < -0.4 is 14.2 Å². The largest absolute Gasteiger partial charge is 0.508 e. The Kier molecular flexibility index (Phi) is 5.48. The fourth-order valence-electron chi connectivity index (χ4n) is 5.02. The second-order valence-corrected chi connectivity index (χ2v) is 8.61. The number of carbonyl (C=O) groups excluding carboxylic acids is 1. The average Bonchev–Trinajstić information content (AvgIpc) is 2.82. The molecule has 0 fully saturated rings. The van der Waals surface area contributed by atoms with Gasteiger partial charge in [-0.3, -0.25) is 4.79 Å². The van der Waals surface area contributed by atoms with Gasteiger partial charge in [0, 0.05) is 24.1 Å². The highest BCUT2D eigenvalue weighted by Crippen LogP contribution is 2.50. The molecule has 3 aromatic rings. The normalized spacial score (nSPS) is 18.1. The van der Waals surface area contributed by atoms with Gasteiger partial charge in [-0.05, 0) is 65.4 Å². The van der Waals surface area contributed by atoms with Crippen LogP contribution in [-0.4, -0.2) is 37.0 Å². The van der Waals surface area contributed by atoms with E-state index in [4.69, 9.17) is 18.9 Å². The quantitative estimate of drug-likeness (QED) is 0.545. The maximum atomic E-state index is 12.1. The van der Waals surface area contributed by atoms with Crippen LogP contribution in [0.2, 0.25) is 0 Å². The molecule has 1 aliphatic carbocycles. The standard InChI is InChI=1S/C27H26O7/c1-14(28)34-27-20-12-19-15(4-5-17-8-18(29)11-25(32-3)26(17)19)9-23(20)33-13-21(27)16-6-7-22(30)24(10-16)31-2/h6-12,21,27,29-30H,4-5,13H2,1-3H3/t21-,27+/m0/s1. The molecule has 34 heavy (non-hydrogen) atoms. The van der Waals surface area contributed by atoms with Gasteiger partial charge < -0.3 is 29.2 Å². The molecule has 0 unspecified atom stereocenters. The minimum absolute atomic E-state index is 0.0356. The summed E-state index contributed by atoms with van der Waals surface area (Å²) in [7, 11) is 3.07. The molecule has 5 rings (SSSR count). The van der Waals surface area contributed by atoms with Crippen molar-refractivity contribution in [3.63, 3.8) is 0 Å². The van der Waals surface area contributed by atoms with Crippen molar-refractivity contribution in [2.24, 2.45) is 0 Å². The van der Waals surface area contributed by atoms with Crippen LogP contribution in [0.15, 0.2) is 42.5 Å². The van der Waals surface area contributed by atoms with Crippen molar-refractivity contribution >= 4 is 5.97 Å². The number of ether oxygens (including phenoxy) is 4. The summed E-state index contributed by atoms with van der Waals surface area (Å²) in [6.07, 6.45) is 0.978. The second-order valence-electron chi connectivity index (χ2n) is 8.61. The van der Waals surface area contributed by atoms with Crippen LogP contribution in [0.5, 0.6) is 28.7 Å². The molecule has 1 heterocycles. The van der Waals surface area contributed by atoms with Gasteiger partial charge >= 0.3 is 5.97 Å². The van der Waals surface area contributed by atoms with Crippen molar-refractivity contribution in [2.75, 3.05) is 20.8 Å². The summed E-state index contributed by atoms with van der Waals surface area (Å²) in [6.45, 7) is 1.70. The molecule has 1 aliphatic heterocycles. The lowest BCUT2D eigenvalue weighted by Crippen LogP contribution is -2.28. The first kappa shape index (κ1) is 21.9. The van der Waals surface area contributed by atoms with Gasteiger partial charge in [0.15, 0.2) is 11.5 Å². The number of esters is 1. The highest BCUT2D eigenvalue weighted by molar-refractivity contribution is 5.81. The lowest BCUT2D eigenvalue weighted by molar-refractivity contribution is -0.149. The molecule has 7 nitrogen and oxygen atoms in total. The Balaban J connectivity index is 1.65. The first-order valence-corrected chi connectivity index (χ1v) is 11.1. The number of benzene rings is 3. The van der Waals surface area contributed by atoms with Gasteiger partial charge in [0.2, 0.25) is 0 Å². The third kappa shape index (κ3) is 3.67. The van der Waals surface area contributed by atoms with Crippen LogP contribution in [-0.2, 0) is 22.4 Å². The fraction of sp³-hybridized carbons (Fsp3) is 0.296. The highest BCUT2D eigenvalue weighted by Gasteiger charge is 2.37. The van der Waals surface area contributed by atoms with Crippen LogP contribution in [0.4, 0.5) is 0 Å². The first-order valence-electron chi connectivity index (χ1n) is 11.1. The molecule has 0 amide bonds. The summed E-state index contributed by atoms with van der Waals surface area (Å²) in [5.74, 6) is 1.13. The molecule has 0 bridgehead atoms. The Morgan fingerprint density at radius 2 is 1.74 bits per heavy atom. The van der Waals surface area contributed by atoms with Crippen molar-refractivity contribution in [1.29, 1.82) is 0 Å². The Labute approximate surface area is 197 Å². The molecular formula is C27H26O7. The van der Waals surface area contributed by atoms with Crippen LogP contribution in [0.1, 0.15) is 41.2 Å². The number of methoxy groups -OCH3 is 2. The van der Waals surface area contributed by atoms with E-state index in [2.05, 4.69) is 0 Å². The topological polar surface area (TPSA) is 94.5 Å². The predicted octanol–water partition coefficient (Wildman–Crippen LogP) is 4.66. The molecule has 0 spiro atoms. The molecule has 7 heteroatoms. The van der Waals surface area contributed by atoms with E-state index in [1.165, 1.54) is 14.0 Å². The van der Waals surface area contributed by atoms with E-state index >= 15 is 0 Å². The molecule has 2 atom stereocenters. The van der Waals surface area contributed by atoms with Crippen molar-refractivity contribution in [3.05, 3.63) is 64.7 Å². The maximum Gasteiger partial charge on any atom is 0.303 e. The molecule has 0 saturated heterocycles. The van der Waals surface area contributed by atoms with Crippen molar-refractivity contribution in [1.82, 2.24) is 0 Å². The number of fused-ring (bicyclic) bond motifs is 4. The zero-order valence-corrected chi connectivity index (χ0v) is 19.3. The Morgan fingerprint density at radius 1 is 0.971 bits per heavy atom. The number of hydrogen-bond acceptors (Lipinski definition) is 7. The van der Waals surface area contributed by atoms with Crippen LogP contribution in [0.25, 0.3) is 11.1 Å². The SMILES string of the molecule is COc1cc([C@@H]2COc3cc4c(cc3[C@H]2OC(C)=O)-c2c(cc(O)cc2OC)CC4)ccc1O. The summed E-state index contributed by atoms with van der Waals surface area (Å²) >= 11 is 0. The number of phenolic OH excluding ortho intramolecular Hbond substituents is 2. The van der Waals surface area contributed by atoms with Crippen LogP contribution in [0, 0.1) is 0 Å². The molecule has 0 saturated carbocycles. The molecule has 176 valence electrons. The summed E-state index contributed by atoms with van der Waals surface area (Å²) in [4.78, 5) is 12.1. The molecular weight excluding hydrogens is 436 g/mol. The minimum Gasteiger partial charge on any atom is -0.508 e. The lowest BCUT2D eigenvalue weighted by Gasteiger charge is -2.35. The van der Waals surface area contributed by atoms with Crippen LogP contribution >= 0.6 is 0 Å². The van der Waals surface area contributed by atoms with Gasteiger partial charge in [-0.1, -0.05) is 6.07 Å². The van der Waals surface area contributed by atoms with E-state index in [1.54, 1.807) is 37.4 Å². The lowest BCUT2D eigenvalue weighted by atomic mass is 9.80. The molecule has 0 aromatic heterocycles. The molecule has 2 N–H and O–H groups in total. The van der Waals surface area contributed by atoms with Gasteiger partial charge in [0.05, 0.1) is 26.7 Å². The Morgan fingerprint density at radius 3 is 2.47 bits per heavy atom. The molecule has 3 aromatic carbocycles. The number of rotatable bonds is 4. The van der Waals surface area contributed by atoms with E-state index in [0.717, 1.165) is 46.2 Å². The maximum absolute atomic E-state index is 12.1. The number of phenols is 2. The Hall–Kier alpha value is -3.87. The van der Waals surface area contributed by atoms with Gasteiger partial charge in [-0.25, -0.2) is 0 Å². The number of aromatic hydroxyl groups is 2. The van der Waals surface area contributed by atoms with Gasteiger partial charge in [-0.15, -0.1) is 0 Å². The van der Waals surface area contributed by atoms with E-state index in [9.17, 15) is 15.0 Å². The predicted molar refractivity (Wildman–Crippen MR) is 125 cm³/mol.